The van der Waals surface area contributed by atoms with Crippen molar-refractivity contribution in [2.75, 3.05) is 6.54 Å². The van der Waals surface area contributed by atoms with E-state index < -0.39 is 0 Å². The van der Waals surface area contributed by atoms with E-state index in [0.717, 1.165) is 32.2 Å². The normalized spacial score (nSPS) is 31.0. The molecule has 15 heavy (non-hydrogen) atoms. The van der Waals surface area contributed by atoms with Gasteiger partial charge in [-0.15, -0.1) is 0 Å². The molecule has 86 valence electrons. The Morgan fingerprint density at radius 2 is 1.93 bits per heavy atom. The monoisotopic (exact) mass is 211 g/mol. The van der Waals surface area contributed by atoms with Gasteiger partial charge < -0.3 is 16.4 Å². The Morgan fingerprint density at radius 3 is 2.47 bits per heavy atom. The fraction of sp³-hybridized carbons (Fsp3) is 0.909. The van der Waals surface area contributed by atoms with Gasteiger partial charge in [0.1, 0.15) is 0 Å². The summed E-state index contributed by atoms with van der Waals surface area (Å²) in [7, 11) is 0. The van der Waals surface area contributed by atoms with Crippen LogP contribution in [-0.4, -0.2) is 24.7 Å². The molecule has 4 heteroatoms. The quantitative estimate of drug-likeness (QED) is 0.651. The van der Waals surface area contributed by atoms with Gasteiger partial charge in [0.05, 0.1) is 0 Å². The summed E-state index contributed by atoms with van der Waals surface area (Å²) < 4.78 is 0. The summed E-state index contributed by atoms with van der Waals surface area (Å²) in [6.07, 6.45) is 6.99. The lowest BCUT2D eigenvalue weighted by molar-refractivity contribution is 0.226. The van der Waals surface area contributed by atoms with E-state index in [2.05, 4.69) is 10.6 Å². The zero-order valence-electron chi connectivity index (χ0n) is 9.17. The van der Waals surface area contributed by atoms with E-state index in [4.69, 9.17) is 5.73 Å². The van der Waals surface area contributed by atoms with Crippen LogP contribution in [0.4, 0.5) is 4.79 Å². The summed E-state index contributed by atoms with van der Waals surface area (Å²) in [5.74, 6) is 0.483. The lowest BCUT2D eigenvalue weighted by Crippen LogP contribution is -2.47. The molecule has 0 aromatic rings. The Balaban J connectivity index is 1.61. The molecule has 2 fully saturated rings. The van der Waals surface area contributed by atoms with E-state index in [0.29, 0.717) is 12.0 Å². The lowest BCUT2D eigenvalue weighted by Gasteiger charge is -2.27. The molecule has 0 heterocycles. The van der Waals surface area contributed by atoms with Gasteiger partial charge in [-0.05, 0) is 38.0 Å². The molecule has 2 aliphatic carbocycles. The standard InChI is InChI=1S/C11H21N3O/c12-10-6-1-3-8(10)7-13-11(15)14-9-4-2-5-9/h8-10H,1-7,12H2,(H2,13,14,15). The molecule has 4 N–H and O–H groups in total. The van der Waals surface area contributed by atoms with Crippen LogP contribution in [0.2, 0.25) is 0 Å². The first-order valence-corrected chi connectivity index (χ1v) is 6.05. The van der Waals surface area contributed by atoms with Crippen LogP contribution in [-0.2, 0) is 0 Å². The second kappa shape index (κ2) is 4.84. The van der Waals surface area contributed by atoms with Crippen molar-refractivity contribution in [3.63, 3.8) is 0 Å². The molecule has 2 aliphatic rings. The first kappa shape index (κ1) is 10.7. The van der Waals surface area contributed by atoms with Crippen molar-refractivity contribution >= 4 is 6.03 Å². The maximum absolute atomic E-state index is 11.4. The smallest absolute Gasteiger partial charge is 0.315 e. The van der Waals surface area contributed by atoms with Crippen LogP contribution >= 0.6 is 0 Å². The first-order chi connectivity index (χ1) is 7.25. The number of hydrogen-bond acceptors (Lipinski definition) is 2. The van der Waals surface area contributed by atoms with E-state index >= 15 is 0 Å². The topological polar surface area (TPSA) is 67.1 Å². The van der Waals surface area contributed by atoms with Crippen LogP contribution in [0, 0.1) is 5.92 Å². The Hall–Kier alpha value is -0.770. The highest BCUT2D eigenvalue weighted by Crippen LogP contribution is 2.23. The predicted molar refractivity (Wildman–Crippen MR) is 59.5 cm³/mol. The van der Waals surface area contributed by atoms with Crippen molar-refractivity contribution in [1.29, 1.82) is 0 Å². The number of hydrogen-bond donors (Lipinski definition) is 3. The SMILES string of the molecule is NC1CCCC1CNC(=O)NC1CCC1. The minimum atomic E-state index is -0.0150. The molecule has 0 aromatic heterocycles. The molecule has 0 saturated heterocycles. The van der Waals surface area contributed by atoms with Gasteiger partial charge in [-0.3, -0.25) is 0 Å². The van der Waals surface area contributed by atoms with E-state index in [-0.39, 0.29) is 12.1 Å². The zero-order valence-corrected chi connectivity index (χ0v) is 9.17. The largest absolute Gasteiger partial charge is 0.338 e. The van der Waals surface area contributed by atoms with Gasteiger partial charge >= 0.3 is 6.03 Å². The number of nitrogens with two attached hydrogens (primary N) is 1. The maximum atomic E-state index is 11.4. The highest BCUT2D eigenvalue weighted by molar-refractivity contribution is 5.74. The summed E-state index contributed by atoms with van der Waals surface area (Å²) >= 11 is 0. The van der Waals surface area contributed by atoms with E-state index in [1.807, 2.05) is 0 Å². The molecule has 2 saturated carbocycles. The molecule has 2 unspecified atom stereocenters. The summed E-state index contributed by atoms with van der Waals surface area (Å²) in [6.45, 7) is 0.736. The van der Waals surface area contributed by atoms with Crippen LogP contribution in [0.25, 0.3) is 0 Å². The third-order valence-corrected chi connectivity index (χ3v) is 3.68. The Morgan fingerprint density at radius 1 is 1.20 bits per heavy atom. The molecule has 2 amide bonds. The van der Waals surface area contributed by atoms with Crippen LogP contribution in [0.15, 0.2) is 0 Å². The molecular formula is C11H21N3O. The molecule has 4 nitrogen and oxygen atoms in total. The average Bonchev–Trinajstić information content (AvgIpc) is 2.55. The zero-order chi connectivity index (χ0) is 10.7. The van der Waals surface area contributed by atoms with Crippen LogP contribution in [0.5, 0.6) is 0 Å². The maximum Gasteiger partial charge on any atom is 0.315 e. The van der Waals surface area contributed by atoms with Crippen molar-refractivity contribution in [2.45, 2.75) is 50.6 Å². The van der Waals surface area contributed by atoms with Gasteiger partial charge in [-0.25, -0.2) is 4.79 Å². The highest BCUT2D eigenvalue weighted by atomic mass is 16.2. The van der Waals surface area contributed by atoms with Crippen LogP contribution in [0.1, 0.15) is 38.5 Å². The van der Waals surface area contributed by atoms with Crippen molar-refractivity contribution in [3.8, 4) is 0 Å². The fourth-order valence-electron chi connectivity index (χ4n) is 2.33. The van der Waals surface area contributed by atoms with Crippen molar-refractivity contribution in [3.05, 3.63) is 0 Å². The number of nitrogens with one attached hydrogen (secondary N) is 2. The third-order valence-electron chi connectivity index (χ3n) is 3.68. The number of carbonyl (C=O) groups excluding carboxylic acids is 1. The van der Waals surface area contributed by atoms with Crippen molar-refractivity contribution < 1.29 is 4.79 Å². The summed E-state index contributed by atoms with van der Waals surface area (Å²) in [5, 5.41) is 5.89. The molecular weight excluding hydrogens is 190 g/mol. The minimum absolute atomic E-state index is 0.0150. The molecule has 0 aliphatic heterocycles. The Bertz CT molecular complexity index is 228. The number of carbonyl (C=O) groups is 1. The average molecular weight is 211 g/mol. The number of amides is 2. The van der Waals surface area contributed by atoms with Gasteiger partial charge in [0, 0.05) is 18.6 Å². The summed E-state index contributed by atoms with van der Waals surface area (Å²) in [6, 6.07) is 0.690. The predicted octanol–water partition coefficient (Wildman–Crippen LogP) is 0.965. The molecule has 0 radical (unpaired) electrons. The Labute approximate surface area is 91.0 Å². The number of urea groups is 1. The van der Waals surface area contributed by atoms with Gasteiger partial charge in [-0.2, -0.15) is 0 Å². The molecule has 2 atom stereocenters. The number of rotatable bonds is 3. The minimum Gasteiger partial charge on any atom is -0.338 e. The second-order valence-electron chi connectivity index (χ2n) is 4.84. The second-order valence-corrected chi connectivity index (χ2v) is 4.84. The third kappa shape index (κ3) is 2.84. The highest BCUT2D eigenvalue weighted by Gasteiger charge is 2.25. The van der Waals surface area contributed by atoms with Crippen molar-refractivity contribution in [2.24, 2.45) is 11.7 Å². The van der Waals surface area contributed by atoms with E-state index in [9.17, 15) is 4.79 Å². The van der Waals surface area contributed by atoms with Gasteiger partial charge in [0.15, 0.2) is 0 Å². The fourth-order valence-corrected chi connectivity index (χ4v) is 2.33. The molecule has 2 rings (SSSR count). The van der Waals surface area contributed by atoms with Crippen molar-refractivity contribution in [1.82, 2.24) is 10.6 Å². The summed E-state index contributed by atoms with van der Waals surface area (Å²) in [5.41, 5.74) is 5.93. The molecule has 0 bridgehead atoms. The Kier molecular flexibility index (Phi) is 3.46. The lowest BCUT2D eigenvalue weighted by atomic mass is 9.93. The van der Waals surface area contributed by atoms with Crippen LogP contribution in [0.3, 0.4) is 0 Å². The van der Waals surface area contributed by atoms with Gasteiger partial charge in [-0.1, -0.05) is 6.42 Å². The molecule has 0 aromatic carbocycles. The van der Waals surface area contributed by atoms with E-state index in [1.54, 1.807) is 0 Å². The summed E-state index contributed by atoms with van der Waals surface area (Å²) in [4.78, 5) is 11.4. The van der Waals surface area contributed by atoms with Gasteiger partial charge in [0.2, 0.25) is 0 Å². The van der Waals surface area contributed by atoms with E-state index in [1.165, 1.54) is 12.8 Å². The molecule has 0 spiro atoms. The first-order valence-electron chi connectivity index (χ1n) is 6.05. The van der Waals surface area contributed by atoms with Gasteiger partial charge in [0.25, 0.3) is 0 Å². The van der Waals surface area contributed by atoms with Crippen LogP contribution < -0.4 is 16.4 Å².